The van der Waals surface area contributed by atoms with Gasteiger partial charge in [-0.25, -0.2) is 4.42 Å². The molecule has 1 aromatic rings. The number of nitrogens with zero attached hydrogens (tertiary/aromatic N) is 2. The highest BCUT2D eigenvalue weighted by Crippen LogP contribution is 2.41. The molecule has 0 spiro atoms. The van der Waals surface area contributed by atoms with Gasteiger partial charge >= 0.3 is 0 Å². The number of piperazine rings is 1. The van der Waals surface area contributed by atoms with Crippen molar-refractivity contribution >= 4 is 29.1 Å². The molecule has 1 unspecified atom stereocenters. The maximum atomic E-state index is 5.97. The molecule has 4 nitrogen and oxygen atoms in total. The van der Waals surface area contributed by atoms with Gasteiger partial charge in [0, 0.05) is 26.2 Å². The molecule has 0 bridgehead atoms. The summed E-state index contributed by atoms with van der Waals surface area (Å²) in [4.78, 5) is 2.26. The molecule has 2 heterocycles. The van der Waals surface area contributed by atoms with Crippen molar-refractivity contribution in [3.8, 4) is 11.5 Å². The number of rotatable bonds is 1. The second-order valence-corrected chi connectivity index (χ2v) is 5.31. The Bertz CT molecular complexity index is 436. The number of alkyl halides is 1. The lowest BCUT2D eigenvalue weighted by Gasteiger charge is -2.35. The molecular weight excluding hydrogens is 275 g/mol. The SMILES string of the molecule is ClC1COc2c(cccc2N2CCN(Cl)CC2)O1. The van der Waals surface area contributed by atoms with Crippen LogP contribution in [0.3, 0.4) is 0 Å². The third kappa shape index (κ3) is 2.32. The van der Waals surface area contributed by atoms with E-state index in [4.69, 9.17) is 32.9 Å². The van der Waals surface area contributed by atoms with E-state index in [2.05, 4.69) is 4.90 Å². The second-order valence-electron chi connectivity index (χ2n) is 4.34. The smallest absolute Gasteiger partial charge is 0.206 e. The van der Waals surface area contributed by atoms with Gasteiger partial charge in [-0.05, 0) is 23.9 Å². The zero-order valence-corrected chi connectivity index (χ0v) is 11.3. The summed E-state index contributed by atoms with van der Waals surface area (Å²) in [6.45, 7) is 3.82. The predicted molar refractivity (Wildman–Crippen MR) is 71.8 cm³/mol. The first-order valence-electron chi connectivity index (χ1n) is 5.96. The minimum Gasteiger partial charge on any atom is -0.482 e. The van der Waals surface area contributed by atoms with Crippen LogP contribution in [0.1, 0.15) is 0 Å². The largest absolute Gasteiger partial charge is 0.482 e. The minimum absolute atomic E-state index is 0.376. The van der Waals surface area contributed by atoms with Gasteiger partial charge in [-0.15, -0.1) is 0 Å². The summed E-state index contributed by atoms with van der Waals surface area (Å²) < 4.78 is 13.1. The highest BCUT2D eigenvalue weighted by atomic mass is 35.5. The zero-order valence-electron chi connectivity index (χ0n) is 9.81. The first-order chi connectivity index (χ1) is 8.74. The summed E-state index contributed by atoms with van der Waals surface area (Å²) in [5.41, 5.74) is 0.647. The minimum atomic E-state index is -0.410. The van der Waals surface area contributed by atoms with E-state index in [0.717, 1.165) is 37.6 Å². The Morgan fingerprint density at radius 3 is 2.72 bits per heavy atom. The maximum Gasteiger partial charge on any atom is 0.206 e. The van der Waals surface area contributed by atoms with Crippen LogP contribution in [0.15, 0.2) is 18.2 Å². The van der Waals surface area contributed by atoms with Crippen LogP contribution < -0.4 is 14.4 Å². The average Bonchev–Trinajstić information content (AvgIpc) is 2.38. The van der Waals surface area contributed by atoms with E-state index in [1.54, 1.807) is 4.42 Å². The van der Waals surface area contributed by atoms with E-state index < -0.39 is 5.56 Å². The number of benzene rings is 1. The fraction of sp³-hybridized carbons (Fsp3) is 0.500. The fourth-order valence-corrected chi connectivity index (χ4v) is 2.54. The quantitative estimate of drug-likeness (QED) is 0.585. The lowest BCUT2D eigenvalue weighted by molar-refractivity contribution is 0.144. The Kier molecular flexibility index (Phi) is 3.41. The molecule has 1 saturated heterocycles. The van der Waals surface area contributed by atoms with E-state index in [9.17, 15) is 0 Å². The molecule has 98 valence electrons. The summed E-state index contributed by atoms with van der Waals surface area (Å²) in [7, 11) is 0. The summed E-state index contributed by atoms with van der Waals surface area (Å²) in [5, 5.41) is 0. The summed E-state index contributed by atoms with van der Waals surface area (Å²) in [6.07, 6.45) is 0. The standard InChI is InChI=1S/C12H14Cl2N2O2/c13-11-8-17-12-9(2-1-3-10(12)18-11)15-4-6-16(14)7-5-15/h1-3,11H,4-8H2. The van der Waals surface area contributed by atoms with Gasteiger partial charge in [0.15, 0.2) is 11.5 Å². The van der Waals surface area contributed by atoms with E-state index in [1.165, 1.54) is 0 Å². The Morgan fingerprint density at radius 2 is 1.94 bits per heavy atom. The molecule has 2 aliphatic heterocycles. The van der Waals surface area contributed by atoms with Gasteiger partial charge in [0.1, 0.15) is 6.61 Å². The van der Waals surface area contributed by atoms with Crippen molar-refractivity contribution < 1.29 is 9.47 Å². The number of hydrogen-bond acceptors (Lipinski definition) is 4. The van der Waals surface area contributed by atoms with Crippen LogP contribution in [0.5, 0.6) is 11.5 Å². The van der Waals surface area contributed by atoms with E-state index in [1.807, 2.05) is 18.2 Å². The highest BCUT2D eigenvalue weighted by Gasteiger charge is 2.25. The highest BCUT2D eigenvalue weighted by molar-refractivity contribution is 6.20. The number of para-hydroxylation sites is 1. The molecule has 1 aromatic carbocycles. The number of fused-ring (bicyclic) bond motifs is 1. The molecule has 0 aromatic heterocycles. The summed E-state index contributed by atoms with van der Waals surface area (Å²) in [6, 6.07) is 5.88. The van der Waals surface area contributed by atoms with Crippen LogP contribution in [0.25, 0.3) is 0 Å². The molecule has 0 saturated carbocycles. The second kappa shape index (κ2) is 5.03. The fourth-order valence-electron chi connectivity index (χ4n) is 2.23. The van der Waals surface area contributed by atoms with Crippen LogP contribution in [0, 0.1) is 0 Å². The molecule has 1 fully saturated rings. The van der Waals surface area contributed by atoms with Crippen molar-refractivity contribution in [3.63, 3.8) is 0 Å². The Hall–Kier alpha value is -0.840. The maximum absolute atomic E-state index is 5.97. The van der Waals surface area contributed by atoms with E-state index in [-0.39, 0.29) is 0 Å². The van der Waals surface area contributed by atoms with Crippen molar-refractivity contribution in [2.45, 2.75) is 5.56 Å². The van der Waals surface area contributed by atoms with Gasteiger partial charge in [0.2, 0.25) is 5.56 Å². The van der Waals surface area contributed by atoms with Crippen molar-refractivity contribution in [2.24, 2.45) is 0 Å². The molecular formula is C12H14Cl2N2O2. The Balaban J connectivity index is 1.86. The van der Waals surface area contributed by atoms with Gasteiger partial charge in [-0.1, -0.05) is 17.7 Å². The molecule has 0 radical (unpaired) electrons. The van der Waals surface area contributed by atoms with E-state index in [0.29, 0.717) is 12.4 Å². The number of ether oxygens (including phenoxy) is 2. The molecule has 6 heteroatoms. The van der Waals surface area contributed by atoms with Crippen molar-refractivity contribution in [1.29, 1.82) is 0 Å². The van der Waals surface area contributed by atoms with E-state index >= 15 is 0 Å². The molecule has 0 aliphatic carbocycles. The number of hydrogen-bond donors (Lipinski definition) is 0. The lowest BCUT2D eigenvalue weighted by atomic mass is 10.2. The predicted octanol–water partition coefficient (Wildman–Crippen LogP) is 2.30. The lowest BCUT2D eigenvalue weighted by Crippen LogP contribution is -2.42. The van der Waals surface area contributed by atoms with Crippen LogP contribution in [0.2, 0.25) is 0 Å². The molecule has 18 heavy (non-hydrogen) atoms. The van der Waals surface area contributed by atoms with Crippen LogP contribution in [0.4, 0.5) is 5.69 Å². The molecule has 0 amide bonds. The average molecular weight is 289 g/mol. The molecule has 3 rings (SSSR count). The first-order valence-corrected chi connectivity index (χ1v) is 6.74. The topological polar surface area (TPSA) is 24.9 Å². The monoisotopic (exact) mass is 288 g/mol. The van der Waals surface area contributed by atoms with Crippen LogP contribution in [-0.4, -0.2) is 42.8 Å². The third-order valence-electron chi connectivity index (χ3n) is 3.14. The van der Waals surface area contributed by atoms with Gasteiger partial charge in [-0.3, -0.25) is 0 Å². The van der Waals surface area contributed by atoms with Gasteiger partial charge in [0.05, 0.1) is 5.69 Å². The third-order valence-corrected chi connectivity index (χ3v) is 3.69. The molecule has 2 aliphatic rings. The summed E-state index contributed by atoms with van der Waals surface area (Å²) in [5.74, 6) is 1.50. The zero-order chi connectivity index (χ0) is 12.5. The van der Waals surface area contributed by atoms with Crippen molar-refractivity contribution in [1.82, 2.24) is 4.42 Å². The van der Waals surface area contributed by atoms with Gasteiger partial charge < -0.3 is 14.4 Å². The van der Waals surface area contributed by atoms with Gasteiger partial charge in [0.25, 0.3) is 0 Å². The molecule has 1 atom stereocenters. The molecule has 0 N–H and O–H groups in total. The van der Waals surface area contributed by atoms with Crippen LogP contribution >= 0.6 is 23.4 Å². The number of halogens is 2. The van der Waals surface area contributed by atoms with Gasteiger partial charge in [-0.2, -0.15) is 0 Å². The normalized spacial score (nSPS) is 24.1. The Labute approximate surface area is 116 Å². The number of anilines is 1. The summed E-state index contributed by atoms with van der Waals surface area (Å²) >= 11 is 11.9. The van der Waals surface area contributed by atoms with Crippen molar-refractivity contribution in [2.75, 3.05) is 37.7 Å². The van der Waals surface area contributed by atoms with Crippen molar-refractivity contribution in [3.05, 3.63) is 18.2 Å². The first kappa shape index (κ1) is 12.2. The van der Waals surface area contributed by atoms with Crippen LogP contribution in [-0.2, 0) is 0 Å². The Morgan fingerprint density at radius 1 is 1.17 bits per heavy atom.